The van der Waals surface area contributed by atoms with E-state index >= 15 is 0 Å². The number of halogens is 2. The van der Waals surface area contributed by atoms with Crippen LogP contribution in [0.1, 0.15) is 17.5 Å². The maximum Gasteiger partial charge on any atom is 0.223 e. The highest BCUT2D eigenvalue weighted by molar-refractivity contribution is 5.85. The molecule has 3 rings (SSSR count). The van der Waals surface area contributed by atoms with Crippen LogP contribution in [0.25, 0.3) is 0 Å². The number of carbonyl (C=O) groups excluding carboxylic acids is 1. The van der Waals surface area contributed by atoms with Crippen molar-refractivity contribution in [2.75, 3.05) is 63.8 Å². The number of hydrogen-bond acceptors (Lipinski definition) is 4. The largest absolute Gasteiger partial charge is 0.369 e. The second-order valence-electron chi connectivity index (χ2n) is 6.93. The Labute approximate surface area is 169 Å². The summed E-state index contributed by atoms with van der Waals surface area (Å²) >= 11 is 0. The Bertz CT molecular complexity index is 571. The van der Waals surface area contributed by atoms with Crippen molar-refractivity contribution in [3.05, 3.63) is 29.3 Å². The number of aryl methyl sites for hydroxylation is 1. The first-order chi connectivity index (χ1) is 11.6. The first-order valence-corrected chi connectivity index (χ1v) is 9.17. The first-order valence-electron chi connectivity index (χ1n) is 9.17. The van der Waals surface area contributed by atoms with Crippen LogP contribution in [0.5, 0.6) is 0 Å². The summed E-state index contributed by atoms with van der Waals surface area (Å²) in [7, 11) is 0. The summed E-state index contributed by atoms with van der Waals surface area (Å²) in [6.45, 7) is 13.0. The van der Waals surface area contributed by atoms with Gasteiger partial charge in [0, 0.05) is 71.0 Å². The Balaban J connectivity index is 0.00000169. The van der Waals surface area contributed by atoms with Crippen molar-refractivity contribution in [2.24, 2.45) is 0 Å². The predicted octanol–water partition coefficient (Wildman–Crippen LogP) is 2.09. The zero-order chi connectivity index (χ0) is 16.9. The Morgan fingerprint density at radius 3 is 2.31 bits per heavy atom. The lowest BCUT2D eigenvalue weighted by Gasteiger charge is -2.37. The third-order valence-electron chi connectivity index (χ3n) is 5.40. The summed E-state index contributed by atoms with van der Waals surface area (Å²) < 4.78 is 0. The minimum atomic E-state index is 0. The van der Waals surface area contributed by atoms with E-state index in [9.17, 15) is 4.79 Å². The molecule has 2 aliphatic rings. The smallest absolute Gasteiger partial charge is 0.223 e. The van der Waals surface area contributed by atoms with Crippen LogP contribution in [-0.4, -0.2) is 74.6 Å². The fourth-order valence-corrected chi connectivity index (χ4v) is 3.62. The van der Waals surface area contributed by atoms with Crippen LogP contribution >= 0.6 is 24.8 Å². The second-order valence-corrected chi connectivity index (χ2v) is 6.93. The maximum absolute atomic E-state index is 12.3. The van der Waals surface area contributed by atoms with Gasteiger partial charge in [-0.15, -0.1) is 24.8 Å². The van der Waals surface area contributed by atoms with Crippen LogP contribution in [0.15, 0.2) is 18.2 Å². The summed E-state index contributed by atoms with van der Waals surface area (Å²) in [5.74, 6) is 0.313. The van der Waals surface area contributed by atoms with E-state index in [4.69, 9.17) is 0 Å². The molecule has 1 aromatic carbocycles. The highest BCUT2D eigenvalue weighted by Gasteiger charge is 2.21. The molecule has 0 bridgehead atoms. The number of rotatable bonds is 4. The SMILES string of the molecule is Cc1cccc(N2CCN(CCC(=O)N3CCNCC3)CC2)c1C.Cl.Cl. The fourth-order valence-electron chi connectivity index (χ4n) is 3.62. The van der Waals surface area contributed by atoms with Crippen molar-refractivity contribution >= 4 is 36.4 Å². The molecule has 148 valence electrons. The molecule has 2 aliphatic heterocycles. The van der Waals surface area contributed by atoms with Crippen molar-refractivity contribution in [2.45, 2.75) is 20.3 Å². The lowest BCUT2D eigenvalue weighted by atomic mass is 10.1. The molecule has 0 aliphatic carbocycles. The van der Waals surface area contributed by atoms with Gasteiger partial charge in [0.2, 0.25) is 5.91 Å². The minimum Gasteiger partial charge on any atom is -0.369 e. The van der Waals surface area contributed by atoms with Gasteiger partial charge in [-0.1, -0.05) is 12.1 Å². The third-order valence-corrected chi connectivity index (χ3v) is 5.40. The van der Waals surface area contributed by atoms with Gasteiger partial charge in [-0.3, -0.25) is 9.69 Å². The van der Waals surface area contributed by atoms with E-state index in [1.807, 2.05) is 4.90 Å². The van der Waals surface area contributed by atoms with E-state index in [1.54, 1.807) is 0 Å². The standard InChI is InChI=1S/C19H30N4O.2ClH/c1-16-4-3-5-18(17(16)2)22-14-12-21(13-15-22)9-6-19(24)23-10-7-20-8-11-23;;/h3-5,20H,6-15H2,1-2H3;2*1H. The highest BCUT2D eigenvalue weighted by atomic mass is 35.5. The quantitative estimate of drug-likeness (QED) is 0.836. The normalized spacial score (nSPS) is 18.1. The molecule has 1 N–H and O–H groups in total. The Morgan fingerprint density at radius 1 is 1.00 bits per heavy atom. The number of nitrogens with zero attached hydrogens (tertiary/aromatic N) is 3. The van der Waals surface area contributed by atoms with Gasteiger partial charge in [0.1, 0.15) is 0 Å². The molecule has 0 radical (unpaired) electrons. The molecule has 0 atom stereocenters. The number of piperazine rings is 2. The monoisotopic (exact) mass is 402 g/mol. The van der Waals surface area contributed by atoms with Gasteiger partial charge >= 0.3 is 0 Å². The number of hydrogen-bond donors (Lipinski definition) is 1. The number of nitrogens with one attached hydrogen (secondary N) is 1. The van der Waals surface area contributed by atoms with Gasteiger partial charge in [-0.05, 0) is 31.0 Å². The zero-order valence-corrected chi connectivity index (χ0v) is 17.5. The summed E-state index contributed by atoms with van der Waals surface area (Å²) in [5.41, 5.74) is 4.11. The van der Waals surface area contributed by atoms with Crippen LogP contribution in [0.4, 0.5) is 5.69 Å². The number of anilines is 1. The molecule has 2 saturated heterocycles. The van der Waals surface area contributed by atoms with Crippen LogP contribution in [0.2, 0.25) is 0 Å². The van der Waals surface area contributed by atoms with Crippen molar-refractivity contribution in [3.63, 3.8) is 0 Å². The zero-order valence-electron chi connectivity index (χ0n) is 15.9. The van der Waals surface area contributed by atoms with Crippen molar-refractivity contribution < 1.29 is 4.79 Å². The summed E-state index contributed by atoms with van der Waals surface area (Å²) in [6.07, 6.45) is 0.656. The molecule has 7 heteroatoms. The predicted molar refractivity (Wildman–Crippen MR) is 113 cm³/mol. The molecular formula is C19H32Cl2N4O. The van der Waals surface area contributed by atoms with Gasteiger partial charge in [0.25, 0.3) is 0 Å². The maximum atomic E-state index is 12.3. The van der Waals surface area contributed by atoms with E-state index in [-0.39, 0.29) is 24.8 Å². The molecule has 26 heavy (non-hydrogen) atoms. The van der Waals surface area contributed by atoms with Gasteiger partial charge in [0.15, 0.2) is 0 Å². The summed E-state index contributed by atoms with van der Waals surface area (Å²) in [6, 6.07) is 6.55. The number of carbonyl (C=O) groups is 1. The second kappa shape index (κ2) is 11.0. The molecule has 0 unspecified atom stereocenters. The number of benzene rings is 1. The van der Waals surface area contributed by atoms with Crippen molar-refractivity contribution in [3.8, 4) is 0 Å². The molecule has 0 aromatic heterocycles. The molecule has 1 aromatic rings. The summed E-state index contributed by atoms with van der Waals surface area (Å²) in [5, 5.41) is 3.29. The molecular weight excluding hydrogens is 371 g/mol. The number of amides is 1. The van der Waals surface area contributed by atoms with E-state index in [0.717, 1.165) is 58.9 Å². The van der Waals surface area contributed by atoms with E-state index in [2.05, 4.69) is 47.2 Å². The topological polar surface area (TPSA) is 38.8 Å². The van der Waals surface area contributed by atoms with Crippen LogP contribution < -0.4 is 10.2 Å². The Hall–Kier alpha value is -1.01. The van der Waals surface area contributed by atoms with E-state index in [1.165, 1.54) is 16.8 Å². The Kier molecular flexibility index (Phi) is 9.72. The third kappa shape index (κ3) is 5.74. The average molecular weight is 403 g/mol. The van der Waals surface area contributed by atoms with Gasteiger partial charge in [-0.25, -0.2) is 0 Å². The molecule has 0 spiro atoms. The van der Waals surface area contributed by atoms with Crippen molar-refractivity contribution in [1.29, 1.82) is 0 Å². The lowest BCUT2D eigenvalue weighted by Crippen LogP contribution is -2.49. The highest BCUT2D eigenvalue weighted by Crippen LogP contribution is 2.23. The fraction of sp³-hybridized carbons (Fsp3) is 0.632. The first kappa shape index (κ1) is 23.0. The van der Waals surface area contributed by atoms with E-state index < -0.39 is 0 Å². The minimum absolute atomic E-state index is 0. The van der Waals surface area contributed by atoms with Crippen LogP contribution in [0.3, 0.4) is 0 Å². The Morgan fingerprint density at radius 2 is 1.65 bits per heavy atom. The van der Waals surface area contributed by atoms with Gasteiger partial charge in [-0.2, -0.15) is 0 Å². The van der Waals surface area contributed by atoms with Crippen LogP contribution in [-0.2, 0) is 4.79 Å². The molecule has 5 nitrogen and oxygen atoms in total. The van der Waals surface area contributed by atoms with Gasteiger partial charge < -0.3 is 15.1 Å². The van der Waals surface area contributed by atoms with Crippen LogP contribution in [0, 0.1) is 13.8 Å². The van der Waals surface area contributed by atoms with Gasteiger partial charge in [0.05, 0.1) is 0 Å². The average Bonchev–Trinajstić information content (AvgIpc) is 2.63. The lowest BCUT2D eigenvalue weighted by molar-refractivity contribution is -0.132. The van der Waals surface area contributed by atoms with E-state index in [0.29, 0.717) is 12.3 Å². The molecule has 1 amide bonds. The molecule has 2 fully saturated rings. The molecule has 2 heterocycles. The summed E-state index contributed by atoms with van der Waals surface area (Å²) in [4.78, 5) is 19.2. The van der Waals surface area contributed by atoms with Crippen molar-refractivity contribution in [1.82, 2.24) is 15.1 Å². The molecule has 0 saturated carbocycles.